The third-order valence-corrected chi connectivity index (χ3v) is 5.44. The number of nitrogens with one attached hydrogen (secondary N) is 1. The highest BCUT2D eigenvalue weighted by Gasteiger charge is 2.20. The number of aromatic nitrogens is 1. The lowest BCUT2D eigenvalue weighted by Gasteiger charge is -2.20. The van der Waals surface area contributed by atoms with Crippen LogP contribution >= 0.6 is 11.6 Å². The molecule has 0 spiro atoms. The van der Waals surface area contributed by atoms with E-state index in [1.807, 2.05) is 46.9 Å². The first-order valence-corrected chi connectivity index (χ1v) is 10.8. The molecule has 7 heteroatoms. The summed E-state index contributed by atoms with van der Waals surface area (Å²) in [6, 6.07) is 12.2. The van der Waals surface area contributed by atoms with E-state index in [9.17, 15) is 14.7 Å². The van der Waals surface area contributed by atoms with E-state index < -0.39 is 11.6 Å². The van der Waals surface area contributed by atoms with Crippen molar-refractivity contribution in [1.29, 1.82) is 0 Å². The molecule has 0 aliphatic carbocycles. The van der Waals surface area contributed by atoms with Crippen LogP contribution in [0.4, 0.5) is 0 Å². The van der Waals surface area contributed by atoms with Crippen LogP contribution in [0.2, 0.25) is 5.02 Å². The zero-order chi connectivity index (χ0) is 23.6. The number of hydrogen-bond donors (Lipinski definition) is 2. The number of ether oxygens (including phenoxy) is 1. The van der Waals surface area contributed by atoms with Crippen LogP contribution in [0.15, 0.2) is 42.5 Å². The Kier molecular flexibility index (Phi) is 6.96. The molecule has 2 aromatic carbocycles. The minimum Gasteiger partial charge on any atom is -0.460 e. The maximum Gasteiger partial charge on any atom is 0.310 e. The van der Waals surface area contributed by atoms with E-state index >= 15 is 0 Å². The Bertz CT molecular complexity index is 1140. The summed E-state index contributed by atoms with van der Waals surface area (Å²) in [5, 5.41) is 14.2. The van der Waals surface area contributed by atoms with Gasteiger partial charge in [0, 0.05) is 12.4 Å². The fourth-order valence-electron chi connectivity index (χ4n) is 3.62. The maximum absolute atomic E-state index is 13.0. The number of aliphatic hydroxyl groups is 1. The van der Waals surface area contributed by atoms with Crippen LogP contribution < -0.4 is 5.32 Å². The third kappa shape index (κ3) is 5.50. The Labute approximate surface area is 193 Å². The first kappa shape index (κ1) is 23.8. The van der Waals surface area contributed by atoms with E-state index in [0.29, 0.717) is 10.7 Å². The average Bonchev–Trinajstić information content (AvgIpc) is 3.02. The topological polar surface area (TPSA) is 80.6 Å². The second-order valence-corrected chi connectivity index (χ2v) is 9.39. The summed E-state index contributed by atoms with van der Waals surface area (Å²) in [5.74, 6) is -0.615. The van der Waals surface area contributed by atoms with Crippen LogP contribution in [0, 0.1) is 6.92 Å². The molecule has 0 aliphatic heterocycles. The summed E-state index contributed by atoms with van der Waals surface area (Å²) in [7, 11) is 1.81. The molecular formula is C25H29ClN2O4. The maximum atomic E-state index is 13.0. The quantitative estimate of drug-likeness (QED) is 0.535. The van der Waals surface area contributed by atoms with Crippen molar-refractivity contribution in [3.8, 4) is 0 Å². The number of fused-ring (bicyclic) bond motifs is 1. The van der Waals surface area contributed by atoms with Crippen molar-refractivity contribution in [2.75, 3.05) is 6.61 Å². The molecule has 0 unspecified atom stereocenters. The molecule has 3 rings (SSSR count). The highest BCUT2D eigenvalue weighted by molar-refractivity contribution is 6.35. The number of aryl methyl sites for hydroxylation is 2. The minimum absolute atomic E-state index is 0.157. The van der Waals surface area contributed by atoms with Gasteiger partial charge in [0.2, 0.25) is 0 Å². The predicted octanol–water partition coefficient (Wildman–Crippen LogP) is 4.49. The molecule has 0 saturated carbocycles. The number of rotatable bonds is 6. The molecule has 1 atom stereocenters. The van der Waals surface area contributed by atoms with Gasteiger partial charge in [0.25, 0.3) is 5.91 Å². The molecule has 1 aromatic heterocycles. The summed E-state index contributed by atoms with van der Waals surface area (Å²) in [6.07, 6.45) is 0.157. The molecule has 0 saturated heterocycles. The second kappa shape index (κ2) is 9.35. The number of esters is 1. The Hall–Kier alpha value is -2.83. The molecule has 0 bridgehead atoms. The van der Waals surface area contributed by atoms with Gasteiger partial charge < -0.3 is 19.7 Å². The molecule has 0 radical (unpaired) electrons. The number of aliphatic hydroxyl groups excluding tert-OH is 1. The first-order valence-electron chi connectivity index (χ1n) is 10.5. The lowest BCUT2D eigenvalue weighted by atomic mass is 10.0. The van der Waals surface area contributed by atoms with Crippen molar-refractivity contribution in [3.05, 3.63) is 69.9 Å². The van der Waals surface area contributed by atoms with E-state index in [-0.39, 0.29) is 24.9 Å². The molecule has 1 heterocycles. The fraction of sp³-hybridized carbons (Fsp3) is 0.360. The summed E-state index contributed by atoms with van der Waals surface area (Å²) >= 11 is 6.35. The summed E-state index contributed by atoms with van der Waals surface area (Å²) < 4.78 is 7.14. The molecule has 0 aliphatic rings. The lowest BCUT2D eigenvalue weighted by Crippen LogP contribution is -2.32. The number of carbonyl (C=O) groups excluding carboxylic acids is 2. The summed E-state index contributed by atoms with van der Waals surface area (Å²) in [4.78, 5) is 25.0. The van der Waals surface area contributed by atoms with E-state index in [4.69, 9.17) is 16.3 Å². The lowest BCUT2D eigenvalue weighted by molar-refractivity contribution is -0.153. The van der Waals surface area contributed by atoms with Crippen molar-refractivity contribution in [1.82, 2.24) is 9.88 Å². The van der Waals surface area contributed by atoms with Gasteiger partial charge in [-0.05, 0) is 62.6 Å². The van der Waals surface area contributed by atoms with Gasteiger partial charge >= 0.3 is 5.97 Å². The van der Waals surface area contributed by atoms with Crippen molar-refractivity contribution in [3.63, 3.8) is 0 Å². The molecule has 1 amide bonds. The normalized spacial score (nSPS) is 12.6. The molecule has 0 fully saturated rings. The van der Waals surface area contributed by atoms with Crippen molar-refractivity contribution >= 4 is 34.4 Å². The Balaban J connectivity index is 1.75. The van der Waals surface area contributed by atoms with Gasteiger partial charge in [0.1, 0.15) is 11.3 Å². The van der Waals surface area contributed by atoms with E-state index in [0.717, 1.165) is 27.6 Å². The SMILES string of the molecule is Cc1cc(Cl)c2cc(C(=O)N[C@H](CO)c3ccc(CC(=O)OC(C)(C)C)cc3)n(C)c2c1. The third-order valence-electron chi connectivity index (χ3n) is 5.13. The van der Waals surface area contributed by atoms with Gasteiger partial charge in [-0.2, -0.15) is 0 Å². The Morgan fingerprint density at radius 3 is 2.41 bits per heavy atom. The molecule has 2 N–H and O–H groups in total. The van der Waals surface area contributed by atoms with Gasteiger partial charge in [-0.25, -0.2) is 0 Å². The largest absolute Gasteiger partial charge is 0.460 e. The Morgan fingerprint density at radius 1 is 1.16 bits per heavy atom. The van der Waals surface area contributed by atoms with Crippen LogP contribution in [-0.4, -0.2) is 33.8 Å². The van der Waals surface area contributed by atoms with Crippen LogP contribution in [0.25, 0.3) is 10.9 Å². The smallest absolute Gasteiger partial charge is 0.310 e. The highest BCUT2D eigenvalue weighted by atomic mass is 35.5. The van der Waals surface area contributed by atoms with Gasteiger partial charge in [-0.15, -0.1) is 0 Å². The minimum atomic E-state index is -0.590. The number of hydrogen-bond acceptors (Lipinski definition) is 4. The number of amides is 1. The van der Waals surface area contributed by atoms with Gasteiger partial charge in [0.05, 0.1) is 29.6 Å². The molecule has 170 valence electrons. The van der Waals surface area contributed by atoms with Crippen LogP contribution in [0.3, 0.4) is 0 Å². The van der Waals surface area contributed by atoms with E-state index in [1.54, 1.807) is 34.9 Å². The van der Waals surface area contributed by atoms with Crippen LogP contribution in [0.1, 0.15) is 54.0 Å². The van der Waals surface area contributed by atoms with Crippen molar-refractivity contribution < 1.29 is 19.4 Å². The fourth-order valence-corrected chi connectivity index (χ4v) is 3.94. The van der Waals surface area contributed by atoms with Crippen LogP contribution in [-0.2, 0) is 23.0 Å². The van der Waals surface area contributed by atoms with Gasteiger partial charge in [-0.1, -0.05) is 35.9 Å². The number of halogens is 1. The standard InChI is InChI=1S/C25H29ClN2O4/c1-15-10-19(26)18-13-22(28(5)21(18)11-15)24(31)27-20(14-29)17-8-6-16(7-9-17)12-23(30)32-25(2,3)4/h6-11,13,20,29H,12,14H2,1-5H3,(H,27,31)/t20-/m1/s1. The van der Waals surface area contributed by atoms with Crippen LogP contribution in [0.5, 0.6) is 0 Å². The molecule has 32 heavy (non-hydrogen) atoms. The molecule has 6 nitrogen and oxygen atoms in total. The number of carbonyl (C=O) groups is 2. The number of benzene rings is 2. The molecular weight excluding hydrogens is 428 g/mol. The summed E-state index contributed by atoms with van der Waals surface area (Å²) in [6.45, 7) is 7.17. The summed E-state index contributed by atoms with van der Waals surface area (Å²) in [5.41, 5.74) is 3.33. The monoisotopic (exact) mass is 456 g/mol. The van der Waals surface area contributed by atoms with Gasteiger partial charge in [0.15, 0.2) is 0 Å². The Morgan fingerprint density at radius 2 is 1.81 bits per heavy atom. The van der Waals surface area contributed by atoms with Crippen molar-refractivity contribution in [2.45, 2.75) is 45.8 Å². The zero-order valence-corrected chi connectivity index (χ0v) is 19.8. The van der Waals surface area contributed by atoms with Crippen molar-refractivity contribution in [2.24, 2.45) is 7.05 Å². The highest BCUT2D eigenvalue weighted by Crippen LogP contribution is 2.28. The number of nitrogens with zero attached hydrogens (tertiary/aromatic N) is 1. The first-order chi connectivity index (χ1) is 15.0. The van der Waals surface area contributed by atoms with E-state index in [1.165, 1.54) is 0 Å². The molecule has 3 aromatic rings. The second-order valence-electron chi connectivity index (χ2n) is 8.98. The predicted molar refractivity (Wildman–Crippen MR) is 126 cm³/mol. The zero-order valence-electron chi connectivity index (χ0n) is 19.0. The van der Waals surface area contributed by atoms with E-state index in [2.05, 4.69) is 5.32 Å². The average molecular weight is 457 g/mol. The van der Waals surface area contributed by atoms with Gasteiger partial charge in [-0.3, -0.25) is 9.59 Å².